The molecule has 0 aromatic carbocycles. The van der Waals surface area contributed by atoms with Crippen molar-refractivity contribution in [2.24, 2.45) is 0 Å². The van der Waals surface area contributed by atoms with Crippen molar-refractivity contribution in [1.29, 1.82) is 0 Å². The van der Waals surface area contributed by atoms with E-state index in [9.17, 15) is 19.8 Å². The summed E-state index contributed by atoms with van der Waals surface area (Å²) in [6.07, 6.45) is -0.171. The van der Waals surface area contributed by atoms with Crippen LogP contribution in [0.15, 0.2) is 0 Å². The van der Waals surface area contributed by atoms with Crippen LogP contribution >= 0.6 is 0 Å². The Bertz CT molecular complexity index is 368. The third-order valence-electron chi connectivity index (χ3n) is 4.22. The standard InChI is InChI=1S/C13H22N2O6/c16-8-4-10(12(18)19)14(6-8)2-1-3-15-7-9(17)5-11(15)13(20)21/h8-11,16-17H,1-7H2,(H,18,19)(H,20,21). The van der Waals surface area contributed by atoms with Gasteiger partial charge in [0.15, 0.2) is 0 Å². The minimum absolute atomic E-state index is 0.232. The molecule has 120 valence electrons. The Morgan fingerprint density at radius 1 is 0.857 bits per heavy atom. The van der Waals surface area contributed by atoms with Crippen molar-refractivity contribution in [3.05, 3.63) is 0 Å². The fourth-order valence-corrected chi connectivity index (χ4v) is 3.24. The fraction of sp³-hybridized carbons (Fsp3) is 0.846. The molecule has 4 unspecified atom stereocenters. The van der Waals surface area contributed by atoms with Crippen LogP contribution in [0.2, 0.25) is 0 Å². The van der Waals surface area contributed by atoms with E-state index < -0.39 is 36.2 Å². The lowest BCUT2D eigenvalue weighted by molar-refractivity contribution is -0.142. The number of aliphatic hydroxyl groups excluding tert-OH is 2. The van der Waals surface area contributed by atoms with Gasteiger partial charge in [-0.2, -0.15) is 0 Å². The van der Waals surface area contributed by atoms with Crippen LogP contribution in [-0.4, -0.2) is 92.6 Å². The molecule has 2 heterocycles. The number of hydrogen-bond donors (Lipinski definition) is 4. The molecule has 21 heavy (non-hydrogen) atoms. The smallest absolute Gasteiger partial charge is 0.321 e. The van der Waals surface area contributed by atoms with E-state index in [2.05, 4.69) is 0 Å². The molecule has 8 nitrogen and oxygen atoms in total. The molecule has 4 atom stereocenters. The fourth-order valence-electron chi connectivity index (χ4n) is 3.24. The van der Waals surface area contributed by atoms with Gasteiger partial charge in [-0.3, -0.25) is 19.4 Å². The van der Waals surface area contributed by atoms with E-state index in [1.165, 1.54) is 0 Å². The van der Waals surface area contributed by atoms with Crippen molar-refractivity contribution < 1.29 is 30.0 Å². The van der Waals surface area contributed by atoms with Gasteiger partial charge in [0.05, 0.1) is 12.2 Å². The normalized spacial score (nSPS) is 34.4. The summed E-state index contributed by atoms with van der Waals surface area (Å²) in [5.74, 6) is -1.88. The monoisotopic (exact) mass is 302 g/mol. The van der Waals surface area contributed by atoms with Gasteiger partial charge >= 0.3 is 11.9 Å². The Morgan fingerprint density at radius 3 is 1.57 bits per heavy atom. The number of likely N-dealkylation sites (tertiary alicyclic amines) is 2. The van der Waals surface area contributed by atoms with Gasteiger partial charge in [-0.05, 0) is 6.42 Å². The Hall–Kier alpha value is -1.22. The summed E-state index contributed by atoms with van der Waals surface area (Å²) < 4.78 is 0. The van der Waals surface area contributed by atoms with E-state index >= 15 is 0 Å². The first-order valence-electron chi connectivity index (χ1n) is 7.18. The molecule has 0 radical (unpaired) electrons. The molecule has 2 saturated heterocycles. The summed E-state index contributed by atoms with van der Waals surface area (Å²) in [5, 5.41) is 37.3. The summed E-state index contributed by atoms with van der Waals surface area (Å²) in [7, 11) is 0. The highest BCUT2D eigenvalue weighted by Crippen LogP contribution is 2.21. The number of β-amino-alcohol motifs (C(OH)–C–C–N with tert-alkyl or cyclic N) is 2. The molecule has 0 bridgehead atoms. The minimum Gasteiger partial charge on any atom is -0.480 e. The van der Waals surface area contributed by atoms with Gasteiger partial charge in [0.25, 0.3) is 0 Å². The third-order valence-corrected chi connectivity index (χ3v) is 4.22. The quantitative estimate of drug-likeness (QED) is 0.463. The Kier molecular flexibility index (Phi) is 5.15. The molecule has 0 spiro atoms. The number of aliphatic hydroxyl groups is 2. The Morgan fingerprint density at radius 2 is 1.24 bits per heavy atom. The topological polar surface area (TPSA) is 122 Å². The predicted molar refractivity (Wildman–Crippen MR) is 71.9 cm³/mol. The molecule has 8 heteroatoms. The van der Waals surface area contributed by atoms with Gasteiger partial charge in [0, 0.05) is 39.0 Å². The SMILES string of the molecule is O=C(O)C1CC(O)CN1CCCN1CC(O)CC1C(=O)O. The van der Waals surface area contributed by atoms with Crippen molar-refractivity contribution in [2.75, 3.05) is 26.2 Å². The number of nitrogens with zero attached hydrogens (tertiary/aromatic N) is 2. The maximum absolute atomic E-state index is 11.1. The zero-order valence-corrected chi connectivity index (χ0v) is 11.8. The van der Waals surface area contributed by atoms with Crippen molar-refractivity contribution in [3.8, 4) is 0 Å². The highest BCUT2D eigenvalue weighted by molar-refractivity contribution is 5.74. The first kappa shape index (κ1) is 16.2. The molecular formula is C13H22N2O6. The van der Waals surface area contributed by atoms with E-state index in [0.717, 1.165) is 0 Å². The van der Waals surface area contributed by atoms with Gasteiger partial charge < -0.3 is 20.4 Å². The highest BCUT2D eigenvalue weighted by Gasteiger charge is 2.37. The van der Waals surface area contributed by atoms with Crippen LogP contribution in [0.5, 0.6) is 0 Å². The number of hydrogen-bond acceptors (Lipinski definition) is 6. The lowest BCUT2D eigenvalue weighted by Gasteiger charge is -2.24. The molecule has 0 aliphatic carbocycles. The lowest BCUT2D eigenvalue weighted by atomic mass is 10.2. The number of carboxylic acids is 2. The van der Waals surface area contributed by atoms with Crippen LogP contribution in [0.3, 0.4) is 0 Å². The molecule has 0 aromatic rings. The second-order valence-electron chi connectivity index (χ2n) is 5.83. The van der Waals surface area contributed by atoms with Gasteiger partial charge in [-0.25, -0.2) is 0 Å². The van der Waals surface area contributed by atoms with E-state index in [4.69, 9.17) is 10.2 Å². The van der Waals surface area contributed by atoms with E-state index in [0.29, 0.717) is 32.6 Å². The summed E-state index contributed by atoms with van der Waals surface area (Å²) >= 11 is 0. The molecular weight excluding hydrogens is 280 g/mol. The van der Waals surface area contributed by atoms with Crippen molar-refractivity contribution >= 4 is 11.9 Å². The summed E-state index contributed by atoms with van der Waals surface area (Å²) in [5.41, 5.74) is 0. The van der Waals surface area contributed by atoms with E-state index in [1.807, 2.05) is 0 Å². The maximum Gasteiger partial charge on any atom is 0.321 e. The Labute approximate surface area is 122 Å². The molecule has 2 aliphatic rings. The molecule has 2 aliphatic heterocycles. The van der Waals surface area contributed by atoms with Crippen molar-refractivity contribution in [1.82, 2.24) is 9.80 Å². The average molecular weight is 302 g/mol. The maximum atomic E-state index is 11.1. The largest absolute Gasteiger partial charge is 0.480 e. The summed E-state index contributed by atoms with van der Waals surface area (Å²) in [6.45, 7) is 1.66. The van der Waals surface area contributed by atoms with Crippen molar-refractivity contribution in [3.63, 3.8) is 0 Å². The Balaban J connectivity index is 1.81. The number of aliphatic carboxylic acids is 2. The molecule has 0 aromatic heterocycles. The number of rotatable bonds is 6. The van der Waals surface area contributed by atoms with Crippen molar-refractivity contribution in [2.45, 2.75) is 43.6 Å². The van der Waals surface area contributed by atoms with Crippen LogP contribution in [0, 0.1) is 0 Å². The van der Waals surface area contributed by atoms with Gasteiger partial charge in [0.2, 0.25) is 0 Å². The second-order valence-corrected chi connectivity index (χ2v) is 5.83. The van der Waals surface area contributed by atoms with Gasteiger partial charge in [-0.1, -0.05) is 0 Å². The molecule has 0 saturated carbocycles. The van der Waals surface area contributed by atoms with Crippen LogP contribution in [0.1, 0.15) is 19.3 Å². The molecule has 2 rings (SSSR count). The van der Waals surface area contributed by atoms with Crippen LogP contribution < -0.4 is 0 Å². The summed E-state index contributed by atoms with van der Waals surface area (Å²) in [4.78, 5) is 25.6. The van der Waals surface area contributed by atoms with Crippen LogP contribution in [0.4, 0.5) is 0 Å². The van der Waals surface area contributed by atoms with Crippen LogP contribution in [-0.2, 0) is 9.59 Å². The highest BCUT2D eigenvalue weighted by atomic mass is 16.4. The molecule has 4 N–H and O–H groups in total. The first-order valence-corrected chi connectivity index (χ1v) is 7.18. The van der Waals surface area contributed by atoms with Gasteiger partial charge in [-0.15, -0.1) is 0 Å². The van der Waals surface area contributed by atoms with Gasteiger partial charge in [0.1, 0.15) is 12.1 Å². The predicted octanol–water partition coefficient (Wildman–Crippen LogP) is -1.58. The zero-order chi connectivity index (χ0) is 15.6. The number of carbonyl (C=O) groups is 2. The van der Waals surface area contributed by atoms with Crippen LogP contribution in [0.25, 0.3) is 0 Å². The lowest BCUT2D eigenvalue weighted by Crippen LogP contribution is -2.40. The third kappa shape index (κ3) is 3.91. The number of carboxylic acid groups (broad SMARTS) is 2. The minimum atomic E-state index is -0.938. The average Bonchev–Trinajstić information content (AvgIpc) is 2.93. The molecule has 0 amide bonds. The summed E-state index contributed by atoms with van der Waals surface area (Å²) in [6, 6.07) is -1.33. The first-order chi connectivity index (χ1) is 9.88. The molecule has 2 fully saturated rings. The zero-order valence-electron chi connectivity index (χ0n) is 11.8. The second kappa shape index (κ2) is 6.69. The van der Waals surface area contributed by atoms with E-state index in [1.54, 1.807) is 9.80 Å². The van der Waals surface area contributed by atoms with E-state index in [-0.39, 0.29) is 12.8 Å².